The smallest absolute Gasteiger partial charge is 0.405 e. The van der Waals surface area contributed by atoms with Gasteiger partial charge in [0.05, 0.1) is 5.02 Å². The van der Waals surface area contributed by atoms with Gasteiger partial charge in [-0.15, -0.1) is 0 Å². The van der Waals surface area contributed by atoms with Gasteiger partial charge in [0, 0.05) is 35.4 Å². The third-order valence-corrected chi connectivity index (χ3v) is 7.30. The van der Waals surface area contributed by atoms with Crippen LogP contribution in [0.25, 0.3) is 0 Å². The van der Waals surface area contributed by atoms with Crippen molar-refractivity contribution in [1.29, 1.82) is 0 Å². The molecule has 1 aromatic carbocycles. The third kappa shape index (κ3) is 6.94. The predicted octanol–water partition coefficient (Wildman–Crippen LogP) is 4.79. The molecule has 3 atom stereocenters. The van der Waals surface area contributed by atoms with Crippen molar-refractivity contribution in [2.24, 2.45) is 0 Å². The quantitative estimate of drug-likeness (QED) is 0.486. The lowest BCUT2D eigenvalue weighted by Crippen LogP contribution is -2.56. The van der Waals surface area contributed by atoms with Gasteiger partial charge in [-0.3, -0.25) is 14.4 Å². The summed E-state index contributed by atoms with van der Waals surface area (Å²) in [6.07, 6.45) is -0.460. The summed E-state index contributed by atoms with van der Waals surface area (Å²) in [5.74, 6) is -1.35. The van der Waals surface area contributed by atoms with E-state index in [0.29, 0.717) is 23.4 Å². The van der Waals surface area contributed by atoms with Gasteiger partial charge in [0.1, 0.15) is 11.6 Å². The number of alkyl halides is 3. The summed E-state index contributed by atoms with van der Waals surface area (Å²) in [4.78, 5) is 44.1. The van der Waals surface area contributed by atoms with E-state index in [9.17, 15) is 27.6 Å². The highest BCUT2D eigenvalue weighted by Gasteiger charge is 2.45. The molecule has 1 unspecified atom stereocenters. The summed E-state index contributed by atoms with van der Waals surface area (Å²) in [7, 11) is 0. The Hall–Kier alpha value is -3.05. The molecule has 2 bridgehead atoms. The number of amides is 3. The molecule has 210 valence electrons. The first-order chi connectivity index (χ1) is 18.2. The average molecular weight is 587 g/mol. The van der Waals surface area contributed by atoms with E-state index in [1.54, 1.807) is 24.1 Å². The van der Waals surface area contributed by atoms with E-state index in [-0.39, 0.29) is 46.4 Å². The first kappa shape index (κ1) is 28.9. The van der Waals surface area contributed by atoms with Crippen LogP contribution in [0, 0.1) is 0 Å². The number of halogens is 5. The molecule has 2 N–H and O–H groups in total. The molecule has 4 rings (SSSR count). The Morgan fingerprint density at radius 2 is 1.64 bits per heavy atom. The molecule has 3 heterocycles. The van der Waals surface area contributed by atoms with E-state index in [4.69, 9.17) is 27.9 Å². The van der Waals surface area contributed by atoms with Crippen molar-refractivity contribution in [3.05, 3.63) is 57.7 Å². The van der Waals surface area contributed by atoms with Crippen molar-refractivity contribution in [3.8, 4) is 5.88 Å². The summed E-state index contributed by atoms with van der Waals surface area (Å²) >= 11 is 12.0. The maximum absolute atomic E-state index is 13.3. The van der Waals surface area contributed by atoms with Crippen LogP contribution in [0.2, 0.25) is 10.0 Å². The molecule has 2 saturated heterocycles. The highest BCUT2D eigenvalue weighted by molar-refractivity contribution is 6.35. The predicted molar refractivity (Wildman–Crippen MR) is 138 cm³/mol. The minimum absolute atomic E-state index is 0.0279. The van der Waals surface area contributed by atoms with Gasteiger partial charge in [0.15, 0.2) is 5.60 Å². The molecular formula is C26H27Cl2F3N4O4. The van der Waals surface area contributed by atoms with Crippen molar-refractivity contribution >= 4 is 40.9 Å². The molecule has 39 heavy (non-hydrogen) atoms. The second-order valence-corrected chi connectivity index (χ2v) is 11.0. The fraction of sp³-hybridized carbons (Fsp3) is 0.462. The Morgan fingerprint density at radius 3 is 2.21 bits per heavy atom. The van der Waals surface area contributed by atoms with Crippen LogP contribution in [0.4, 0.5) is 13.2 Å². The molecule has 13 heteroatoms. The van der Waals surface area contributed by atoms with E-state index in [2.05, 4.69) is 10.3 Å². The molecule has 2 aliphatic rings. The highest BCUT2D eigenvalue weighted by atomic mass is 35.5. The second-order valence-electron chi connectivity index (χ2n) is 10.2. The number of benzene rings is 1. The van der Waals surface area contributed by atoms with Gasteiger partial charge in [-0.2, -0.15) is 13.2 Å². The zero-order valence-corrected chi connectivity index (χ0v) is 22.7. The van der Waals surface area contributed by atoms with Crippen molar-refractivity contribution in [2.75, 3.05) is 6.54 Å². The molecular weight excluding hydrogens is 560 g/mol. The van der Waals surface area contributed by atoms with E-state index in [1.165, 1.54) is 36.5 Å². The molecule has 0 aliphatic carbocycles. The van der Waals surface area contributed by atoms with Gasteiger partial charge in [0.25, 0.3) is 17.7 Å². The first-order valence-corrected chi connectivity index (χ1v) is 13.1. The minimum Gasteiger partial charge on any atom is -0.460 e. The van der Waals surface area contributed by atoms with Crippen molar-refractivity contribution in [3.63, 3.8) is 0 Å². The number of ether oxygens (including phenoxy) is 1. The van der Waals surface area contributed by atoms with Crippen LogP contribution >= 0.6 is 23.2 Å². The van der Waals surface area contributed by atoms with Gasteiger partial charge < -0.3 is 20.3 Å². The lowest BCUT2D eigenvalue weighted by Gasteiger charge is -2.40. The van der Waals surface area contributed by atoms with Crippen LogP contribution in [-0.4, -0.2) is 64.1 Å². The molecule has 0 spiro atoms. The fourth-order valence-corrected chi connectivity index (χ4v) is 5.37. The van der Waals surface area contributed by atoms with Gasteiger partial charge in [-0.25, -0.2) is 4.98 Å². The van der Waals surface area contributed by atoms with E-state index in [1.807, 2.05) is 0 Å². The van der Waals surface area contributed by atoms with Crippen molar-refractivity contribution < 1.29 is 32.3 Å². The number of piperidine rings is 1. The summed E-state index contributed by atoms with van der Waals surface area (Å²) in [6.45, 7) is 1.78. The number of nitrogens with zero attached hydrogens (tertiary/aromatic N) is 2. The maximum atomic E-state index is 13.3. The Kier molecular flexibility index (Phi) is 8.32. The number of carbonyl (C=O) groups is 3. The Bertz CT molecular complexity index is 1240. The number of hydrogen-bond acceptors (Lipinski definition) is 5. The molecule has 3 amide bonds. The van der Waals surface area contributed by atoms with Crippen LogP contribution in [-0.2, 0) is 4.79 Å². The maximum Gasteiger partial charge on any atom is 0.405 e. The van der Waals surface area contributed by atoms with E-state index >= 15 is 0 Å². The minimum atomic E-state index is -4.51. The molecule has 8 nitrogen and oxygen atoms in total. The van der Waals surface area contributed by atoms with Gasteiger partial charge >= 0.3 is 6.18 Å². The first-order valence-electron chi connectivity index (χ1n) is 12.3. The largest absolute Gasteiger partial charge is 0.460 e. The SMILES string of the molecule is CC(C)(Oc1ncc(Cl)cc1Cl)C(=O)NC1C[C@H]2CC[C@@H](C1)N2C(=O)c1ccc(C(=O)NCC(F)(F)F)cc1. The van der Waals surface area contributed by atoms with Crippen molar-refractivity contribution in [2.45, 2.75) is 69.4 Å². The Balaban J connectivity index is 1.35. The van der Waals surface area contributed by atoms with E-state index < -0.39 is 24.2 Å². The lowest BCUT2D eigenvalue weighted by atomic mass is 9.95. The topological polar surface area (TPSA) is 101 Å². The van der Waals surface area contributed by atoms with Gasteiger partial charge in [-0.1, -0.05) is 23.2 Å². The molecule has 2 fully saturated rings. The summed E-state index contributed by atoms with van der Waals surface area (Å²) in [5.41, 5.74) is -0.909. The second kappa shape index (κ2) is 11.2. The van der Waals surface area contributed by atoms with Gasteiger partial charge in [0.2, 0.25) is 5.88 Å². The Labute approximate surface area is 233 Å². The lowest BCUT2D eigenvalue weighted by molar-refractivity contribution is -0.135. The van der Waals surface area contributed by atoms with Crippen LogP contribution < -0.4 is 15.4 Å². The number of fused-ring (bicyclic) bond motifs is 2. The van der Waals surface area contributed by atoms with Crippen LogP contribution in [0.3, 0.4) is 0 Å². The molecule has 0 radical (unpaired) electrons. The van der Waals surface area contributed by atoms with Gasteiger partial charge in [-0.05, 0) is 69.9 Å². The molecule has 2 aromatic rings. The van der Waals surface area contributed by atoms with Crippen molar-refractivity contribution in [1.82, 2.24) is 20.5 Å². The van der Waals surface area contributed by atoms with Crippen LogP contribution in [0.5, 0.6) is 5.88 Å². The standard InChI is InChI=1S/C26H27Cl2F3N4O4/c1-25(2,39-22-20(28)9-16(27)12-32-22)24(38)34-17-10-18-7-8-19(11-17)35(18)23(37)15-5-3-14(4-6-15)21(36)33-13-26(29,30)31/h3-6,9,12,17-19H,7-8,10-11,13H2,1-2H3,(H,33,36)(H,34,38)/t17?,18-,19+. The number of pyridine rings is 1. The number of rotatable bonds is 7. The fourth-order valence-electron chi connectivity index (χ4n) is 4.95. The van der Waals surface area contributed by atoms with Crippen LogP contribution in [0.1, 0.15) is 60.2 Å². The zero-order valence-electron chi connectivity index (χ0n) is 21.1. The number of nitrogens with one attached hydrogen (secondary N) is 2. The molecule has 0 saturated carbocycles. The Morgan fingerprint density at radius 1 is 1.05 bits per heavy atom. The normalized spacial score (nSPS) is 20.9. The van der Waals surface area contributed by atoms with Crippen LogP contribution in [0.15, 0.2) is 36.5 Å². The highest BCUT2D eigenvalue weighted by Crippen LogP contribution is 2.37. The number of aromatic nitrogens is 1. The summed E-state index contributed by atoms with van der Waals surface area (Å²) in [6, 6.07) is 6.66. The molecule has 2 aliphatic heterocycles. The molecule has 1 aromatic heterocycles. The summed E-state index contributed by atoms with van der Waals surface area (Å²) < 4.78 is 42.8. The average Bonchev–Trinajstić information content (AvgIpc) is 3.13. The summed E-state index contributed by atoms with van der Waals surface area (Å²) in [5, 5.41) is 5.36. The monoisotopic (exact) mass is 586 g/mol. The van der Waals surface area contributed by atoms with E-state index in [0.717, 1.165) is 12.8 Å². The third-order valence-electron chi connectivity index (χ3n) is 6.82. The number of carbonyl (C=O) groups excluding carboxylic acids is 3. The number of hydrogen-bond donors (Lipinski definition) is 2. The zero-order chi connectivity index (χ0) is 28.5.